The van der Waals surface area contributed by atoms with Crippen LogP contribution < -0.4 is 5.48 Å². The van der Waals surface area contributed by atoms with Crippen LogP contribution in [-0.2, 0) is 24.2 Å². The van der Waals surface area contributed by atoms with Gasteiger partial charge in [0.25, 0.3) is 5.89 Å². The van der Waals surface area contributed by atoms with E-state index in [0.29, 0.717) is 28.4 Å². The maximum absolute atomic E-state index is 13.0. The monoisotopic (exact) mass is 501 g/mol. The lowest BCUT2D eigenvalue weighted by molar-refractivity contribution is -0.137. The molecule has 5 nitrogen and oxygen atoms in total. The molecule has 0 spiro atoms. The summed E-state index contributed by atoms with van der Waals surface area (Å²) in [6.07, 6.45) is 7.52. The Morgan fingerprint density at radius 3 is 2.31 bits per heavy atom. The molecule has 0 fully saturated rings. The predicted molar refractivity (Wildman–Crippen MR) is 131 cm³/mol. The van der Waals surface area contributed by atoms with E-state index in [1.165, 1.54) is 51.0 Å². The largest absolute Gasteiger partial charge is 0.416 e. The quantitative estimate of drug-likeness (QED) is 0.156. The molecule has 8 heteroatoms. The van der Waals surface area contributed by atoms with Gasteiger partial charge >= 0.3 is 6.18 Å². The number of unbranched alkanes of at least 4 members (excludes halogenated alkanes) is 8. The third-order valence-corrected chi connectivity index (χ3v) is 6.30. The van der Waals surface area contributed by atoms with Crippen molar-refractivity contribution in [3.63, 3.8) is 0 Å². The summed E-state index contributed by atoms with van der Waals surface area (Å²) >= 11 is 0. The molecule has 0 aliphatic carbocycles. The van der Waals surface area contributed by atoms with E-state index in [-0.39, 0.29) is 6.42 Å². The first-order valence-corrected chi connectivity index (χ1v) is 12.8. The maximum Gasteiger partial charge on any atom is 0.416 e. The molecule has 3 aromatic rings. The highest BCUT2D eigenvalue weighted by atomic mass is 19.4. The molecule has 1 aromatic heterocycles. The van der Waals surface area contributed by atoms with Crippen molar-refractivity contribution in [3.05, 3.63) is 71.0 Å². The summed E-state index contributed by atoms with van der Waals surface area (Å²) in [6, 6.07) is 11.1. The molecule has 1 unspecified atom stereocenters. The fourth-order valence-electron chi connectivity index (χ4n) is 4.26. The summed E-state index contributed by atoms with van der Waals surface area (Å²) < 4.78 is 44.5. The molecule has 0 amide bonds. The number of rotatable bonds is 15. The number of aryl methyl sites for hydroxylation is 1. The van der Waals surface area contributed by atoms with Gasteiger partial charge in [0.15, 0.2) is 5.82 Å². The average Bonchev–Trinajstić information content (AvgIpc) is 3.35. The van der Waals surface area contributed by atoms with E-state index in [1.54, 1.807) is 30.3 Å². The van der Waals surface area contributed by atoms with Crippen molar-refractivity contribution in [2.45, 2.75) is 89.8 Å². The Hall–Kier alpha value is -2.71. The van der Waals surface area contributed by atoms with Crippen LogP contribution in [0, 0.1) is 0 Å². The van der Waals surface area contributed by atoms with Crippen molar-refractivity contribution in [1.82, 2.24) is 15.6 Å². The fourth-order valence-corrected chi connectivity index (χ4v) is 4.26. The zero-order chi connectivity index (χ0) is 25.8. The molecule has 0 saturated carbocycles. The molecule has 0 aliphatic rings. The summed E-state index contributed by atoms with van der Waals surface area (Å²) in [7, 11) is 0. The highest BCUT2D eigenvalue weighted by molar-refractivity contribution is 5.54. The van der Waals surface area contributed by atoms with E-state index in [9.17, 15) is 18.4 Å². The number of aromatic nitrogens is 2. The lowest BCUT2D eigenvalue weighted by atomic mass is 9.97. The molecule has 2 radical (unpaired) electrons. The van der Waals surface area contributed by atoms with Crippen LogP contribution in [-0.4, -0.2) is 10.1 Å². The summed E-state index contributed by atoms with van der Waals surface area (Å²) in [5, 5.41) is 15.7. The van der Waals surface area contributed by atoms with Gasteiger partial charge in [0.1, 0.15) is 0 Å². The van der Waals surface area contributed by atoms with E-state index in [1.807, 2.05) is 0 Å². The third-order valence-electron chi connectivity index (χ3n) is 6.30. The van der Waals surface area contributed by atoms with E-state index in [2.05, 4.69) is 22.5 Å². The van der Waals surface area contributed by atoms with Gasteiger partial charge in [0.2, 0.25) is 0 Å². The molecule has 0 saturated heterocycles. The van der Waals surface area contributed by atoms with Gasteiger partial charge in [-0.15, -0.1) is 5.21 Å². The van der Waals surface area contributed by atoms with E-state index < -0.39 is 17.8 Å². The summed E-state index contributed by atoms with van der Waals surface area (Å²) in [5.74, 6) is 0.999. The zero-order valence-corrected chi connectivity index (χ0v) is 20.8. The number of hydrogen-bond acceptors (Lipinski definition) is 3. The summed E-state index contributed by atoms with van der Waals surface area (Å²) in [5.41, 5.74) is 4.05. The molecule has 1 heterocycles. The first kappa shape index (κ1) is 27.9. The molecule has 1 atom stereocenters. The first-order valence-electron chi connectivity index (χ1n) is 12.8. The molecular weight excluding hydrogens is 467 g/mol. The molecule has 36 heavy (non-hydrogen) atoms. The van der Waals surface area contributed by atoms with Crippen molar-refractivity contribution < 1.29 is 22.9 Å². The van der Waals surface area contributed by atoms with Crippen molar-refractivity contribution in [1.29, 1.82) is 0 Å². The van der Waals surface area contributed by atoms with Crippen LogP contribution in [0.2, 0.25) is 0 Å². The molecular formula is C28H34F3N3O2. The van der Waals surface area contributed by atoms with Gasteiger partial charge in [0, 0.05) is 12.0 Å². The second-order valence-electron chi connectivity index (χ2n) is 9.24. The number of hydroxylamine groups is 1. The fraction of sp³-hybridized carbons (Fsp3) is 0.500. The third kappa shape index (κ3) is 8.75. The highest BCUT2D eigenvalue weighted by Crippen LogP contribution is 2.31. The predicted octanol–water partition coefficient (Wildman–Crippen LogP) is 8.06. The Labute approximate surface area is 211 Å². The lowest BCUT2D eigenvalue weighted by Crippen LogP contribution is -2.13. The highest BCUT2D eigenvalue weighted by Gasteiger charge is 2.30. The van der Waals surface area contributed by atoms with Gasteiger partial charge in [-0.05, 0) is 42.2 Å². The number of nitrogens with zero attached hydrogens (tertiary/aromatic N) is 3. The Bertz CT molecular complexity index is 1050. The van der Waals surface area contributed by atoms with Crippen molar-refractivity contribution in [2.75, 3.05) is 0 Å². The second kappa shape index (κ2) is 14.1. The molecule has 3 rings (SSSR count). The van der Waals surface area contributed by atoms with Gasteiger partial charge in [0.05, 0.1) is 11.6 Å². The number of halogens is 3. The number of alkyl halides is 3. The van der Waals surface area contributed by atoms with E-state index in [0.717, 1.165) is 31.4 Å². The minimum atomic E-state index is -4.44. The number of hydrogen-bond donors (Lipinski definition) is 0. The van der Waals surface area contributed by atoms with Gasteiger partial charge in [-0.3, -0.25) is 0 Å². The number of benzene rings is 2. The smallest absolute Gasteiger partial charge is 0.334 e. The second-order valence-corrected chi connectivity index (χ2v) is 9.24. The van der Waals surface area contributed by atoms with Gasteiger partial charge < -0.3 is 4.52 Å². The molecule has 194 valence electrons. The zero-order valence-electron chi connectivity index (χ0n) is 20.8. The van der Waals surface area contributed by atoms with Gasteiger partial charge in [-0.25, -0.2) is 0 Å². The average molecular weight is 502 g/mol. The SMILES string of the molecule is CCCCCCCCCCCc1noc(-c2cccc(C(Cc3cccc(C(F)(F)F)c3)[N][O])c2)n1. The topological polar surface area (TPSA) is 72.9 Å². The minimum Gasteiger partial charge on any atom is -0.334 e. The molecule has 0 bridgehead atoms. The van der Waals surface area contributed by atoms with Crippen LogP contribution in [0.15, 0.2) is 53.1 Å². The molecule has 2 aromatic carbocycles. The summed E-state index contributed by atoms with van der Waals surface area (Å²) in [6.45, 7) is 2.23. The van der Waals surface area contributed by atoms with Crippen LogP contribution in [0.5, 0.6) is 0 Å². The van der Waals surface area contributed by atoms with Crippen LogP contribution in [0.4, 0.5) is 13.2 Å². The van der Waals surface area contributed by atoms with Gasteiger partial charge in [-0.2, -0.15) is 18.2 Å². The Kier molecular flexibility index (Phi) is 10.9. The van der Waals surface area contributed by atoms with Crippen molar-refractivity contribution in [3.8, 4) is 11.5 Å². The minimum absolute atomic E-state index is 0.0601. The Balaban J connectivity index is 1.54. The van der Waals surface area contributed by atoms with Crippen molar-refractivity contribution >= 4 is 0 Å². The van der Waals surface area contributed by atoms with Crippen LogP contribution in [0.25, 0.3) is 11.5 Å². The van der Waals surface area contributed by atoms with Gasteiger partial charge in [-0.1, -0.05) is 99.3 Å². The standard InChI is InChI=1S/C28H34F3N3O2/c1-2-3-4-5-6-7-8-9-10-17-26-32-27(36-34-26)23-15-12-14-22(20-23)25(33-35)19-21-13-11-16-24(18-21)28(29,30)31/h11-16,18,20,25H,2-10,17,19H2,1H3. The normalized spacial score (nSPS) is 12.7. The van der Waals surface area contributed by atoms with E-state index in [4.69, 9.17) is 4.52 Å². The first-order chi connectivity index (χ1) is 17.4. The Morgan fingerprint density at radius 1 is 0.917 bits per heavy atom. The summed E-state index contributed by atoms with van der Waals surface area (Å²) in [4.78, 5) is 4.49. The van der Waals surface area contributed by atoms with Crippen LogP contribution in [0.1, 0.15) is 93.3 Å². The molecule has 0 N–H and O–H groups in total. The Morgan fingerprint density at radius 2 is 1.61 bits per heavy atom. The van der Waals surface area contributed by atoms with Crippen LogP contribution >= 0.6 is 0 Å². The van der Waals surface area contributed by atoms with Crippen LogP contribution in [0.3, 0.4) is 0 Å². The maximum atomic E-state index is 13.0. The molecule has 0 aliphatic heterocycles. The lowest BCUT2D eigenvalue weighted by Gasteiger charge is -2.15. The van der Waals surface area contributed by atoms with Crippen molar-refractivity contribution in [2.24, 2.45) is 0 Å². The van der Waals surface area contributed by atoms with E-state index >= 15 is 0 Å².